The Kier molecular flexibility index (Phi) is 4.72. The lowest BCUT2D eigenvalue weighted by Gasteiger charge is -2.06. The second-order valence-corrected chi connectivity index (χ2v) is 6.84. The van der Waals surface area contributed by atoms with Gasteiger partial charge in [-0.15, -0.1) is 0 Å². The molecular weight excluding hydrogens is 376 g/mol. The van der Waals surface area contributed by atoms with Crippen LogP contribution in [0.3, 0.4) is 0 Å². The van der Waals surface area contributed by atoms with Crippen LogP contribution >= 0.6 is 11.6 Å². The zero-order valence-electron chi connectivity index (χ0n) is 14.9. The first-order valence-corrected chi connectivity index (χ1v) is 9.00. The van der Waals surface area contributed by atoms with E-state index in [0.717, 1.165) is 11.1 Å². The molecule has 0 radical (unpaired) electrons. The van der Waals surface area contributed by atoms with Gasteiger partial charge in [0.1, 0.15) is 11.5 Å². The average Bonchev–Trinajstić information content (AvgIpc) is 2.98. The highest BCUT2D eigenvalue weighted by atomic mass is 35.5. The van der Waals surface area contributed by atoms with E-state index < -0.39 is 5.97 Å². The van der Waals surface area contributed by atoms with E-state index in [1.165, 1.54) is 0 Å². The van der Waals surface area contributed by atoms with Crippen molar-refractivity contribution in [2.75, 3.05) is 0 Å². The molecule has 0 bridgehead atoms. The number of hydrogen-bond donors (Lipinski definition) is 0. The van der Waals surface area contributed by atoms with E-state index in [1.807, 2.05) is 13.0 Å². The van der Waals surface area contributed by atoms with Gasteiger partial charge in [-0.05, 0) is 55.0 Å². The van der Waals surface area contributed by atoms with Gasteiger partial charge < -0.3 is 9.47 Å². The first-order valence-electron chi connectivity index (χ1n) is 8.62. The third-order valence-electron chi connectivity index (χ3n) is 4.27. The lowest BCUT2D eigenvalue weighted by molar-refractivity contribution is 0.0734. The molecule has 5 heteroatoms. The van der Waals surface area contributed by atoms with Gasteiger partial charge in [0.05, 0.1) is 11.1 Å². The first-order chi connectivity index (χ1) is 13.5. The monoisotopic (exact) mass is 390 g/mol. The van der Waals surface area contributed by atoms with E-state index in [1.54, 1.807) is 66.7 Å². The Balaban J connectivity index is 1.55. The number of benzene rings is 3. The number of carbonyl (C=O) groups excluding carboxylic acids is 2. The maximum Gasteiger partial charge on any atom is 0.343 e. The van der Waals surface area contributed by atoms with Crippen LogP contribution in [0.2, 0.25) is 5.02 Å². The number of halogens is 1. The number of allylic oxidation sites excluding steroid dienone is 1. The van der Waals surface area contributed by atoms with Gasteiger partial charge in [-0.2, -0.15) is 0 Å². The van der Waals surface area contributed by atoms with Crippen molar-refractivity contribution in [2.24, 2.45) is 0 Å². The Morgan fingerprint density at radius 3 is 2.57 bits per heavy atom. The van der Waals surface area contributed by atoms with Crippen LogP contribution in [0.25, 0.3) is 6.08 Å². The molecule has 1 aliphatic rings. The van der Waals surface area contributed by atoms with Gasteiger partial charge in [-0.3, -0.25) is 4.79 Å². The molecule has 3 aromatic rings. The van der Waals surface area contributed by atoms with Crippen molar-refractivity contribution >= 4 is 29.4 Å². The molecule has 4 nitrogen and oxygen atoms in total. The first kappa shape index (κ1) is 18.0. The van der Waals surface area contributed by atoms with Crippen LogP contribution in [0.15, 0.2) is 72.5 Å². The molecule has 0 aliphatic carbocycles. The molecule has 1 aliphatic heterocycles. The van der Waals surface area contributed by atoms with Gasteiger partial charge in [-0.1, -0.05) is 41.4 Å². The molecule has 4 rings (SSSR count). The third-order valence-corrected chi connectivity index (χ3v) is 4.53. The number of Topliss-reactive ketones (excluding diaryl/α,β-unsaturated/α-hetero) is 1. The summed E-state index contributed by atoms with van der Waals surface area (Å²) in [4.78, 5) is 24.8. The quantitative estimate of drug-likeness (QED) is 0.337. The number of ether oxygens (including phenoxy) is 2. The van der Waals surface area contributed by atoms with Gasteiger partial charge in [-0.25, -0.2) is 4.79 Å². The Bertz CT molecular complexity index is 1110. The molecule has 0 fully saturated rings. The van der Waals surface area contributed by atoms with E-state index in [9.17, 15) is 9.59 Å². The molecule has 0 unspecified atom stereocenters. The van der Waals surface area contributed by atoms with Crippen molar-refractivity contribution < 1.29 is 19.1 Å². The Morgan fingerprint density at radius 1 is 1.04 bits per heavy atom. The lowest BCUT2D eigenvalue weighted by Crippen LogP contribution is -2.08. The predicted octanol–water partition coefficient (Wildman–Crippen LogP) is 5.48. The fourth-order valence-corrected chi connectivity index (χ4v) is 3.01. The molecule has 0 saturated carbocycles. The fraction of sp³-hybridized carbons (Fsp3) is 0.0435. The maximum atomic E-state index is 12.5. The van der Waals surface area contributed by atoms with E-state index in [4.69, 9.17) is 21.1 Å². The summed E-state index contributed by atoms with van der Waals surface area (Å²) in [7, 11) is 0. The Hall–Kier alpha value is -3.37. The normalized spacial score (nSPS) is 13.9. The third kappa shape index (κ3) is 3.68. The zero-order valence-corrected chi connectivity index (χ0v) is 15.7. The topological polar surface area (TPSA) is 52.6 Å². The molecule has 3 aromatic carbocycles. The van der Waals surface area contributed by atoms with Crippen molar-refractivity contribution in [3.63, 3.8) is 0 Å². The summed E-state index contributed by atoms with van der Waals surface area (Å²) < 4.78 is 11.1. The molecule has 0 saturated heterocycles. The number of carbonyl (C=O) groups is 2. The number of esters is 1. The molecule has 0 N–H and O–H groups in total. The van der Waals surface area contributed by atoms with E-state index >= 15 is 0 Å². The van der Waals surface area contributed by atoms with Crippen molar-refractivity contribution in [3.05, 3.63) is 99.8 Å². The van der Waals surface area contributed by atoms with Crippen molar-refractivity contribution in [3.8, 4) is 11.5 Å². The van der Waals surface area contributed by atoms with Crippen LogP contribution in [0.1, 0.15) is 31.8 Å². The summed E-state index contributed by atoms with van der Waals surface area (Å²) in [6.07, 6.45) is 1.65. The lowest BCUT2D eigenvalue weighted by atomic mass is 10.1. The summed E-state index contributed by atoms with van der Waals surface area (Å²) in [5, 5.41) is 0.615. The summed E-state index contributed by atoms with van der Waals surface area (Å²) in [5.74, 6) is 0.191. The molecule has 0 spiro atoms. The van der Waals surface area contributed by atoms with Gasteiger partial charge in [0.2, 0.25) is 5.78 Å². The molecule has 138 valence electrons. The van der Waals surface area contributed by atoms with Gasteiger partial charge >= 0.3 is 5.97 Å². The van der Waals surface area contributed by atoms with E-state index in [0.29, 0.717) is 27.6 Å². The molecule has 1 heterocycles. The van der Waals surface area contributed by atoms with E-state index in [2.05, 4.69) is 0 Å². The largest absolute Gasteiger partial charge is 0.452 e. The second-order valence-electron chi connectivity index (χ2n) is 6.41. The molecule has 28 heavy (non-hydrogen) atoms. The number of ketones is 1. The van der Waals surface area contributed by atoms with Crippen LogP contribution < -0.4 is 9.47 Å². The molecule has 0 aromatic heterocycles. The smallest absolute Gasteiger partial charge is 0.343 e. The van der Waals surface area contributed by atoms with Crippen molar-refractivity contribution in [1.29, 1.82) is 0 Å². The van der Waals surface area contributed by atoms with Gasteiger partial charge in [0.15, 0.2) is 5.76 Å². The summed E-state index contributed by atoms with van der Waals surface area (Å²) in [6.45, 7) is 1.90. The second kappa shape index (κ2) is 7.33. The number of fused-ring (bicyclic) bond motifs is 1. The minimum atomic E-state index is -0.468. The zero-order chi connectivity index (χ0) is 19.7. The highest BCUT2D eigenvalue weighted by Gasteiger charge is 2.28. The highest BCUT2D eigenvalue weighted by Crippen LogP contribution is 2.35. The minimum absolute atomic E-state index is 0.208. The van der Waals surface area contributed by atoms with Crippen molar-refractivity contribution in [1.82, 2.24) is 0 Å². The molecular formula is C23H15ClO4. The standard InChI is InChI=1S/C23H15ClO4/c1-14-3-2-4-16(11-14)23(26)27-18-9-10-19-20(13-18)28-21(22(19)25)12-15-5-7-17(24)8-6-15/h2-13H,1H3/b21-12-. The van der Waals surface area contributed by atoms with Crippen LogP contribution in [0.4, 0.5) is 0 Å². The number of rotatable bonds is 3. The van der Waals surface area contributed by atoms with E-state index in [-0.39, 0.29) is 11.5 Å². The maximum absolute atomic E-state index is 12.5. The van der Waals surface area contributed by atoms with Gasteiger partial charge in [0.25, 0.3) is 0 Å². The average molecular weight is 391 g/mol. The van der Waals surface area contributed by atoms with Crippen molar-refractivity contribution in [2.45, 2.75) is 6.92 Å². The number of hydrogen-bond acceptors (Lipinski definition) is 4. The summed E-state index contributed by atoms with van der Waals surface area (Å²) in [6, 6.07) is 18.9. The molecule has 0 amide bonds. The van der Waals surface area contributed by atoms with Crippen LogP contribution in [-0.4, -0.2) is 11.8 Å². The molecule has 0 atom stereocenters. The summed E-state index contributed by atoms with van der Waals surface area (Å²) in [5.41, 5.74) is 2.65. The predicted molar refractivity (Wildman–Crippen MR) is 107 cm³/mol. The SMILES string of the molecule is Cc1cccc(C(=O)Oc2ccc3c(c2)O/C(=C\c2ccc(Cl)cc2)C3=O)c1. The fourth-order valence-electron chi connectivity index (χ4n) is 2.88. The van der Waals surface area contributed by atoms with Crippen LogP contribution in [0, 0.1) is 6.92 Å². The summed E-state index contributed by atoms with van der Waals surface area (Å²) >= 11 is 5.88. The number of aryl methyl sites for hydroxylation is 1. The Morgan fingerprint density at radius 2 is 1.82 bits per heavy atom. The minimum Gasteiger partial charge on any atom is -0.452 e. The highest BCUT2D eigenvalue weighted by molar-refractivity contribution is 6.30. The van der Waals surface area contributed by atoms with Gasteiger partial charge in [0, 0.05) is 11.1 Å². The Labute approximate surface area is 167 Å². The van der Waals surface area contributed by atoms with Crippen LogP contribution in [-0.2, 0) is 0 Å². The van der Waals surface area contributed by atoms with Crippen LogP contribution in [0.5, 0.6) is 11.5 Å².